The maximum absolute atomic E-state index is 10.8. The molecule has 0 aliphatic heterocycles. The lowest BCUT2D eigenvalue weighted by Gasteiger charge is -2.27. The Morgan fingerprint density at radius 3 is 2.86 bits per heavy atom. The predicted octanol–water partition coefficient (Wildman–Crippen LogP) is 0.443. The molecule has 1 aliphatic rings. The molecule has 0 aromatic heterocycles. The second-order valence-electron chi connectivity index (χ2n) is 3.80. The summed E-state index contributed by atoms with van der Waals surface area (Å²) in [5.74, 6) is -0.257. The van der Waals surface area contributed by atoms with Crippen LogP contribution in [0.2, 0.25) is 0 Å². The summed E-state index contributed by atoms with van der Waals surface area (Å²) in [6.45, 7) is 0.585. The number of aliphatic hydroxyl groups is 1. The van der Waals surface area contributed by atoms with E-state index < -0.39 is 6.10 Å². The molecule has 1 fully saturated rings. The third-order valence-corrected chi connectivity index (χ3v) is 2.66. The largest absolute Gasteiger partial charge is 0.469 e. The van der Waals surface area contributed by atoms with Gasteiger partial charge in [0.15, 0.2) is 0 Å². The van der Waals surface area contributed by atoms with Crippen molar-refractivity contribution in [3.8, 4) is 0 Å². The number of esters is 1. The first-order valence-corrected chi connectivity index (χ1v) is 5.20. The highest BCUT2D eigenvalue weighted by Gasteiger charge is 2.17. The molecule has 1 unspecified atom stereocenters. The fourth-order valence-electron chi connectivity index (χ4n) is 1.40. The van der Waals surface area contributed by atoms with Crippen LogP contribution in [0.15, 0.2) is 0 Å². The molecule has 1 aliphatic carbocycles. The Bertz CT molecular complexity index is 180. The number of nitrogens with one attached hydrogen (secondary N) is 1. The van der Waals surface area contributed by atoms with Gasteiger partial charge in [0.1, 0.15) is 0 Å². The molecular weight excluding hydrogens is 182 g/mol. The van der Waals surface area contributed by atoms with Crippen molar-refractivity contribution in [2.45, 2.75) is 44.2 Å². The molecule has 0 heterocycles. The lowest BCUT2D eigenvalue weighted by Crippen LogP contribution is -2.39. The zero-order valence-corrected chi connectivity index (χ0v) is 8.66. The molecule has 0 aromatic carbocycles. The van der Waals surface area contributed by atoms with E-state index >= 15 is 0 Å². The van der Waals surface area contributed by atoms with Crippen LogP contribution in [-0.2, 0) is 9.53 Å². The van der Waals surface area contributed by atoms with Crippen molar-refractivity contribution in [2.75, 3.05) is 13.7 Å². The number of carbonyl (C=O) groups is 1. The van der Waals surface area contributed by atoms with Gasteiger partial charge in [0.25, 0.3) is 0 Å². The summed E-state index contributed by atoms with van der Waals surface area (Å²) >= 11 is 0. The molecule has 4 heteroatoms. The van der Waals surface area contributed by atoms with E-state index in [0.717, 1.165) is 0 Å². The highest BCUT2D eigenvalue weighted by molar-refractivity contribution is 5.69. The summed E-state index contributed by atoms with van der Waals surface area (Å²) in [4.78, 5) is 10.8. The van der Waals surface area contributed by atoms with Gasteiger partial charge in [0.05, 0.1) is 13.2 Å². The fourth-order valence-corrected chi connectivity index (χ4v) is 1.40. The molecule has 4 nitrogen and oxygen atoms in total. The van der Waals surface area contributed by atoms with Crippen LogP contribution in [0, 0.1) is 0 Å². The number of aliphatic hydroxyl groups excluding tert-OH is 1. The molecule has 0 bridgehead atoms. The van der Waals surface area contributed by atoms with Gasteiger partial charge >= 0.3 is 5.97 Å². The van der Waals surface area contributed by atoms with Gasteiger partial charge < -0.3 is 15.2 Å². The normalized spacial score (nSPS) is 18.7. The Hall–Kier alpha value is -0.610. The zero-order chi connectivity index (χ0) is 10.4. The first kappa shape index (κ1) is 11.5. The minimum Gasteiger partial charge on any atom is -0.469 e. The summed E-state index contributed by atoms with van der Waals surface area (Å²) in [5.41, 5.74) is 0. The van der Waals surface area contributed by atoms with Gasteiger partial charge in [0, 0.05) is 19.0 Å². The van der Waals surface area contributed by atoms with Crippen LogP contribution in [0.25, 0.3) is 0 Å². The minimum atomic E-state index is -0.435. The van der Waals surface area contributed by atoms with Crippen LogP contribution in [0.1, 0.15) is 32.1 Å². The van der Waals surface area contributed by atoms with E-state index in [0.29, 0.717) is 25.4 Å². The summed E-state index contributed by atoms with van der Waals surface area (Å²) in [7, 11) is 1.36. The monoisotopic (exact) mass is 201 g/mol. The molecular formula is C10H19NO3. The van der Waals surface area contributed by atoms with Gasteiger partial charge in [-0.3, -0.25) is 4.79 Å². The summed E-state index contributed by atoms with van der Waals surface area (Å²) in [5, 5.41) is 12.8. The lowest BCUT2D eigenvalue weighted by atomic mass is 9.93. The summed E-state index contributed by atoms with van der Waals surface area (Å²) < 4.78 is 4.49. The SMILES string of the molecule is COC(=O)CCC(O)CNC1CCC1. The number of methoxy groups -OCH3 is 1. The van der Waals surface area contributed by atoms with Gasteiger partial charge in [-0.1, -0.05) is 6.42 Å². The first-order chi connectivity index (χ1) is 6.72. The van der Waals surface area contributed by atoms with E-state index in [1.807, 2.05) is 0 Å². The van der Waals surface area contributed by atoms with Crippen LogP contribution in [-0.4, -0.2) is 36.9 Å². The van der Waals surface area contributed by atoms with Crippen LogP contribution >= 0.6 is 0 Å². The summed E-state index contributed by atoms with van der Waals surface area (Å²) in [6, 6.07) is 0.586. The van der Waals surface area contributed by atoms with Crippen molar-refractivity contribution in [3.63, 3.8) is 0 Å². The molecule has 1 atom stereocenters. The van der Waals surface area contributed by atoms with Gasteiger partial charge in [-0.2, -0.15) is 0 Å². The average molecular weight is 201 g/mol. The third kappa shape index (κ3) is 4.07. The molecule has 0 saturated heterocycles. The number of ether oxygens (including phenoxy) is 1. The van der Waals surface area contributed by atoms with Gasteiger partial charge in [-0.25, -0.2) is 0 Å². The predicted molar refractivity (Wildman–Crippen MR) is 52.9 cm³/mol. The number of carbonyl (C=O) groups excluding carboxylic acids is 1. The second kappa shape index (κ2) is 5.98. The Labute approximate surface area is 84.6 Å². The maximum Gasteiger partial charge on any atom is 0.305 e. The minimum absolute atomic E-state index is 0.257. The molecule has 0 radical (unpaired) electrons. The van der Waals surface area contributed by atoms with E-state index in [1.165, 1.54) is 26.4 Å². The molecule has 0 aromatic rings. The molecule has 1 saturated carbocycles. The average Bonchev–Trinajstić information content (AvgIpc) is 2.11. The van der Waals surface area contributed by atoms with E-state index in [9.17, 15) is 9.90 Å². The highest BCUT2D eigenvalue weighted by atomic mass is 16.5. The molecule has 0 spiro atoms. The van der Waals surface area contributed by atoms with Crippen molar-refractivity contribution in [1.82, 2.24) is 5.32 Å². The van der Waals surface area contributed by atoms with Crippen LogP contribution < -0.4 is 5.32 Å². The van der Waals surface area contributed by atoms with Gasteiger partial charge in [0.2, 0.25) is 0 Å². The Balaban J connectivity index is 1.97. The standard InChI is InChI=1S/C10H19NO3/c1-14-10(13)6-5-9(12)7-11-8-3-2-4-8/h8-9,11-12H,2-7H2,1H3. The van der Waals surface area contributed by atoms with Crippen molar-refractivity contribution in [3.05, 3.63) is 0 Å². The van der Waals surface area contributed by atoms with E-state index in [4.69, 9.17) is 0 Å². The lowest BCUT2D eigenvalue weighted by molar-refractivity contribution is -0.141. The molecule has 82 valence electrons. The smallest absolute Gasteiger partial charge is 0.305 e. The Morgan fingerprint density at radius 1 is 1.64 bits per heavy atom. The van der Waals surface area contributed by atoms with Crippen molar-refractivity contribution < 1.29 is 14.6 Å². The van der Waals surface area contributed by atoms with Crippen LogP contribution in [0.5, 0.6) is 0 Å². The van der Waals surface area contributed by atoms with E-state index in [2.05, 4.69) is 10.1 Å². The highest BCUT2D eigenvalue weighted by Crippen LogP contribution is 2.17. The Kier molecular flexibility index (Phi) is 4.90. The topological polar surface area (TPSA) is 58.6 Å². The molecule has 1 rings (SSSR count). The zero-order valence-electron chi connectivity index (χ0n) is 8.66. The van der Waals surface area contributed by atoms with Gasteiger partial charge in [-0.05, 0) is 19.3 Å². The fraction of sp³-hybridized carbons (Fsp3) is 0.900. The van der Waals surface area contributed by atoms with Crippen molar-refractivity contribution in [1.29, 1.82) is 0 Å². The van der Waals surface area contributed by atoms with Crippen LogP contribution in [0.3, 0.4) is 0 Å². The first-order valence-electron chi connectivity index (χ1n) is 5.20. The Morgan fingerprint density at radius 2 is 2.36 bits per heavy atom. The van der Waals surface area contributed by atoms with Crippen LogP contribution in [0.4, 0.5) is 0 Å². The van der Waals surface area contributed by atoms with Gasteiger partial charge in [-0.15, -0.1) is 0 Å². The molecule has 0 amide bonds. The maximum atomic E-state index is 10.8. The number of hydrogen-bond donors (Lipinski definition) is 2. The molecule has 2 N–H and O–H groups in total. The van der Waals surface area contributed by atoms with E-state index in [-0.39, 0.29) is 5.97 Å². The number of rotatable bonds is 6. The second-order valence-corrected chi connectivity index (χ2v) is 3.80. The number of hydrogen-bond acceptors (Lipinski definition) is 4. The van der Waals surface area contributed by atoms with E-state index in [1.54, 1.807) is 0 Å². The third-order valence-electron chi connectivity index (χ3n) is 2.66. The van der Waals surface area contributed by atoms with Crippen molar-refractivity contribution >= 4 is 5.97 Å². The molecule has 14 heavy (non-hydrogen) atoms. The quantitative estimate of drug-likeness (QED) is 0.612. The summed E-state index contributed by atoms with van der Waals surface area (Å²) in [6.07, 6.45) is 4.05. The van der Waals surface area contributed by atoms with Crippen molar-refractivity contribution in [2.24, 2.45) is 0 Å².